The van der Waals surface area contributed by atoms with E-state index in [0.717, 1.165) is 0 Å². The van der Waals surface area contributed by atoms with Crippen LogP contribution in [0.4, 0.5) is 0 Å². The summed E-state index contributed by atoms with van der Waals surface area (Å²) in [5.74, 6) is -2.05. The van der Waals surface area contributed by atoms with Crippen LogP contribution in [0.15, 0.2) is 0 Å². The van der Waals surface area contributed by atoms with Gasteiger partial charge in [-0.25, -0.2) is 8.42 Å². The van der Waals surface area contributed by atoms with Crippen LogP contribution in [0.3, 0.4) is 0 Å². The number of hydrogen-bond donors (Lipinski definition) is 2. The summed E-state index contributed by atoms with van der Waals surface area (Å²) in [5.41, 5.74) is -1.52. The van der Waals surface area contributed by atoms with E-state index in [0.29, 0.717) is 0 Å². The average Bonchev–Trinajstić information content (AvgIpc) is 2.27. The molecule has 1 atom stereocenters. The summed E-state index contributed by atoms with van der Waals surface area (Å²) < 4.78 is 29.8. The molecule has 0 bridgehead atoms. The van der Waals surface area contributed by atoms with Crippen LogP contribution in [0.1, 0.15) is 33.1 Å². The third-order valence-electron chi connectivity index (χ3n) is 2.58. The van der Waals surface area contributed by atoms with Crippen molar-refractivity contribution in [2.75, 3.05) is 12.9 Å². The van der Waals surface area contributed by atoms with Crippen molar-refractivity contribution in [3.05, 3.63) is 0 Å². The molecule has 0 aromatic rings. The quantitative estimate of drug-likeness (QED) is 0.611. The lowest BCUT2D eigenvalue weighted by Crippen LogP contribution is -2.52. The van der Waals surface area contributed by atoms with Crippen molar-refractivity contribution in [1.29, 1.82) is 0 Å². The lowest BCUT2D eigenvalue weighted by atomic mass is 10.0. The van der Waals surface area contributed by atoms with Gasteiger partial charge in [0, 0.05) is 6.42 Å². The van der Waals surface area contributed by atoms with Gasteiger partial charge in [0.1, 0.15) is 5.54 Å². The number of carbonyl (C=O) groups is 2. The van der Waals surface area contributed by atoms with Crippen LogP contribution in [-0.4, -0.2) is 43.9 Å². The zero-order chi connectivity index (χ0) is 14.4. The first-order chi connectivity index (χ1) is 8.17. The van der Waals surface area contributed by atoms with Crippen LogP contribution in [0, 0.1) is 0 Å². The minimum Gasteiger partial charge on any atom is -0.480 e. The largest absolute Gasteiger partial charge is 0.480 e. The van der Waals surface area contributed by atoms with Gasteiger partial charge >= 0.3 is 11.9 Å². The Balaban J connectivity index is 4.48. The summed E-state index contributed by atoms with van der Waals surface area (Å²) in [6.45, 7) is 2.87. The standard InChI is InChI=1S/C10H19NO6S/c1-4-10(2,9(13)14)11-18(15,16)7-5-6-8(12)17-3/h11H,4-7H2,1-3H3,(H,13,14). The monoisotopic (exact) mass is 281 g/mol. The molecule has 0 aliphatic carbocycles. The summed E-state index contributed by atoms with van der Waals surface area (Å²) in [5, 5.41) is 8.95. The van der Waals surface area contributed by atoms with E-state index in [2.05, 4.69) is 9.46 Å². The fraction of sp³-hybridized carbons (Fsp3) is 0.800. The summed E-state index contributed by atoms with van der Waals surface area (Å²) in [4.78, 5) is 21.8. The van der Waals surface area contributed by atoms with Crippen LogP contribution < -0.4 is 4.72 Å². The molecule has 0 spiro atoms. The van der Waals surface area contributed by atoms with Gasteiger partial charge in [0.25, 0.3) is 0 Å². The third-order valence-corrected chi connectivity index (χ3v) is 4.17. The molecule has 8 heteroatoms. The fourth-order valence-corrected chi connectivity index (χ4v) is 2.71. The van der Waals surface area contributed by atoms with Crippen molar-refractivity contribution in [3.8, 4) is 0 Å². The van der Waals surface area contributed by atoms with E-state index in [1.165, 1.54) is 14.0 Å². The van der Waals surface area contributed by atoms with Gasteiger partial charge in [0.2, 0.25) is 10.0 Å². The second-order valence-corrected chi connectivity index (χ2v) is 5.93. The highest BCUT2D eigenvalue weighted by Gasteiger charge is 2.35. The first kappa shape index (κ1) is 16.9. The number of methoxy groups -OCH3 is 1. The molecule has 0 radical (unpaired) electrons. The lowest BCUT2D eigenvalue weighted by molar-refractivity contribution is -0.143. The van der Waals surface area contributed by atoms with Crippen LogP contribution in [-0.2, 0) is 24.3 Å². The number of rotatable bonds is 8. The number of nitrogens with one attached hydrogen (secondary N) is 1. The number of esters is 1. The Morgan fingerprint density at radius 3 is 2.33 bits per heavy atom. The summed E-state index contributed by atoms with van der Waals surface area (Å²) in [6.07, 6.45) is 0.188. The van der Waals surface area contributed by atoms with E-state index in [1.807, 2.05) is 0 Å². The molecule has 1 unspecified atom stereocenters. The number of hydrogen-bond acceptors (Lipinski definition) is 5. The Morgan fingerprint density at radius 2 is 1.94 bits per heavy atom. The topological polar surface area (TPSA) is 110 Å². The molecular formula is C10H19NO6S. The van der Waals surface area contributed by atoms with Gasteiger partial charge in [-0.1, -0.05) is 6.92 Å². The normalized spacial score (nSPS) is 14.8. The van der Waals surface area contributed by atoms with Crippen molar-refractivity contribution in [2.24, 2.45) is 0 Å². The van der Waals surface area contributed by atoms with E-state index in [9.17, 15) is 18.0 Å². The first-order valence-corrected chi connectivity index (χ1v) is 7.14. The molecule has 2 N–H and O–H groups in total. The Labute approximate surface area is 107 Å². The molecule has 0 aliphatic rings. The summed E-state index contributed by atoms with van der Waals surface area (Å²) in [6, 6.07) is 0. The maximum atomic E-state index is 11.7. The maximum absolute atomic E-state index is 11.7. The molecule has 0 saturated carbocycles. The van der Waals surface area contributed by atoms with Crippen molar-refractivity contribution in [2.45, 2.75) is 38.6 Å². The van der Waals surface area contributed by atoms with Gasteiger partial charge < -0.3 is 9.84 Å². The first-order valence-electron chi connectivity index (χ1n) is 5.48. The van der Waals surface area contributed by atoms with Crippen LogP contribution in [0.25, 0.3) is 0 Å². The third kappa shape index (κ3) is 5.46. The van der Waals surface area contributed by atoms with Crippen molar-refractivity contribution in [3.63, 3.8) is 0 Å². The molecule has 0 heterocycles. The average molecular weight is 281 g/mol. The van der Waals surface area contributed by atoms with Gasteiger partial charge in [-0.2, -0.15) is 4.72 Å². The molecule has 0 rings (SSSR count). The van der Waals surface area contributed by atoms with Gasteiger partial charge in [-0.15, -0.1) is 0 Å². The zero-order valence-corrected chi connectivity index (χ0v) is 11.5. The van der Waals surface area contributed by atoms with E-state index >= 15 is 0 Å². The predicted octanol–water partition coefficient (Wildman–Crippen LogP) is 0.112. The van der Waals surface area contributed by atoms with Gasteiger partial charge in [-0.3, -0.25) is 9.59 Å². The number of ether oxygens (including phenoxy) is 1. The molecule has 18 heavy (non-hydrogen) atoms. The molecule has 0 aromatic carbocycles. The Kier molecular flexibility index (Phi) is 6.27. The zero-order valence-electron chi connectivity index (χ0n) is 10.7. The smallest absolute Gasteiger partial charge is 0.324 e. The molecule has 0 saturated heterocycles. The molecule has 0 aromatic heterocycles. The van der Waals surface area contributed by atoms with Crippen LogP contribution in [0.5, 0.6) is 0 Å². The number of aliphatic carboxylic acids is 1. The number of carboxylic acid groups (broad SMARTS) is 1. The predicted molar refractivity (Wildman–Crippen MR) is 64.5 cm³/mol. The molecule has 106 valence electrons. The molecule has 0 fully saturated rings. The number of carboxylic acids is 1. The number of sulfonamides is 1. The molecule has 0 amide bonds. The Morgan fingerprint density at radius 1 is 1.39 bits per heavy atom. The van der Waals surface area contributed by atoms with E-state index < -0.39 is 27.5 Å². The minimum atomic E-state index is -3.74. The summed E-state index contributed by atoms with van der Waals surface area (Å²) in [7, 11) is -2.52. The van der Waals surface area contributed by atoms with Gasteiger partial charge in [0.05, 0.1) is 12.9 Å². The van der Waals surface area contributed by atoms with E-state index in [-0.39, 0.29) is 25.0 Å². The van der Waals surface area contributed by atoms with Gasteiger partial charge in [0.15, 0.2) is 0 Å². The fourth-order valence-electron chi connectivity index (χ4n) is 1.17. The maximum Gasteiger partial charge on any atom is 0.324 e. The minimum absolute atomic E-state index is 0.0205. The second-order valence-electron chi connectivity index (χ2n) is 4.09. The molecule has 7 nitrogen and oxygen atoms in total. The highest BCUT2D eigenvalue weighted by Crippen LogP contribution is 2.12. The van der Waals surface area contributed by atoms with E-state index in [1.54, 1.807) is 6.92 Å². The SMILES string of the molecule is CCC(C)(NS(=O)(=O)CCCC(=O)OC)C(=O)O. The highest BCUT2D eigenvalue weighted by atomic mass is 32.2. The Hall–Kier alpha value is -1.15. The highest BCUT2D eigenvalue weighted by molar-refractivity contribution is 7.89. The van der Waals surface area contributed by atoms with Crippen LogP contribution >= 0.6 is 0 Å². The Bertz CT molecular complexity index is 405. The number of carbonyl (C=O) groups excluding carboxylic acids is 1. The molecule has 0 aliphatic heterocycles. The second kappa shape index (κ2) is 6.69. The van der Waals surface area contributed by atoms with Gasteiger partial charge in [-0.05, 0) is 19.8 Å². The summed E-state index contributed by atoms with van der Waals surface area (Å²) >= 11 is 0. The van der Waals surface area contributed by atoms with E-state index in [4.69, 9.17) is 5.11 Å². The van der Waals surface area contributed by atoms with Crippen molar-refractivity contribution in [1.82, 2.24) is 4.72 Å². The van der Waals surface area contributed by atoms with Crippen molar-refractivity contribution >= 4 is 22.0 Å². The van der Waals surface area contributed by atoms with Crippen molar-refractivity contribution < 1.29 is 27.9 Å². The lowest BCUT2D eigenvalue weighted by Gasteiger charge is -2.24. The molecular weight excluding hydrogens is 262 g/mol. The van der Waals surface area contributed by atoms with Crippen LogP contribution in [0.2, 0.25) is 0 Å².